The highest BCUT2D eigenvalue weighted by Gasteiger charge is 2.28. The van der Waals surface area contributed by atoms with Gasteiger partial charge in [0.25, 0.3) is 5.91 Å². The molecule has 1 aromatic carbocycles. The van der Waals surface area contributed by atoms with Crippen molar-refractivity contribution in [3.63, 3.8) is 0 Å². The fourth-order valence-electron chi connectivity index (χ4n) is 2.15. The van der Waals surface area contributed by atoms with E-state index in [1.807, 2.05) is 6.92 Å². The van der Waals surface area contributed by atoms with Crippen molar-refractivity contribution in [1.82, 2.24) is 10.2 Å². The number of benzene rings is 1. The van der Waals surface area contributed by atoms with Gasteiger partial charge in [0.15, 0.2) is 0 Å². The summed E-state index contributed by atoms with van der Waals surface area (Å²) in [5.41, 5.74) is 5.67. The summed E-state index contributed by atoms with van der Waals surface area (Å²) in [6.45, 7) is 2.69. The van der Waals surface area contributed by atoms with Gasteiger partial charge in [0.2, 0.25) is 5.69 Å². The smallest absolute Gasteiger partial charge is 0.322 e. The summed E-state index contributed by atoms with van der Waals surface area (Å²) in [5.74, 6) is -0.0228. The number of anilines is 1. The number of rotatable bonds is 8. The number of H-pyrrole nitrogens is 1. The minimum Gasteiger partial charge on any atom is -0.492 e. The van der Waals surface area contributed by atoms with Crippen molar-refractivity contribution in [2.24, 2.45) is 5.73 Å². The molecule has 1 heterocycles. The Labute approximate surface area is 138 Å². The minimum atomic E-state index is -0.643. The molecule has 1 aromatic heterocycles. The van der Waals surface area contributed by atoms with Crippen molar-refractivity contribution in [3.8, 4) is 5.75 Å². The van der Waals surface area contributed by atoms with E-state index >= 15 is 0 Å². The maximum Gasteiger partial charge on any atom is 0.322 e. The number of hydrogen-bond donors (Lipinski definition) is 3. The zero-order valence-corrected chi connectivity index (χ0v) is 13.2. The molecule has 0 bridgehead atoms. The van der Waals surface area contributed by atoms with Crippen LogP contribution in [0.5, 0.6) is 5.75 Å². The molecular formula is C15H19N5O4. The van der Waals surface area contributed by atoms with Crippen LogP contribution in [0.3, 0.4) is 0 Å². The zero-order chi connectivity index (χ0) is 17.5. The van der Waals surface area contributed by atoms with Gasteiger partial charge in [0, 0.05) is 12.2 Å². The molecule has 128 valence electrons. The number of nitrogens with one attached hydrogen (secondary N) is 2. The fraction of sp³-hybridized carbons (Fsp3) is 0.333. The maximum atomic E-state index is 12.3. The number of hydrogen-bond acceptors (Lipinski definition) is 6. The summed E-state index contributed by atoms with van der Waals surface area (Å²) in [6.07, 6.45) is 1.15. The van der Waals surface area contributed by atoms with Gasteiger partial charge in [0.05, 0.1) is 4.92 Å². The molecule has 0 atom stereocenters. The van der Waals surface area contributed by atoms with E-state index in [-0.39, 0.29) is 11.4 Å². The Balaban J connectivity index is 2.13. The summed E-state index contributed by atoms with van der Waals surface area (Å²) in [5, 5.41) is 20.2. The van der Waals surface area contributed by atoms with Crippen LogP contribution in [0.1, 0.15) is 29.5 Å². The van der Waals surface area contributed by atoms with Crippen molar-refractivity contribution >= 4 is 17.3 Å². The second-order valence-corrected chi connectivity index (χ2v) is 5.02. The Kier molecular flexibility index (Phi) is 5.85. The predicted octanol–water partition coefficient (Wildman–Crippen LogP) is 1.86. The molecule has 0 saturated carbocycles. The summed E-state index contributed by atoms with van der Waals surface area (Å²) in [4.78, 5) is 22.9. The molecule has 0 unspecified atom stereocenters. The van der Waals surface area contributed by atoms with E-state index < -0.39 is 10.8 Å². The van der Waals surface area contributed by atoms with Crippen LogP contribution >= 0.6 is 0 Å². The van der Waals surface area contributed by atoms with Crippen LogP contribution in [0, 0.1) is 10.1 Å². The van der Waals surface area contributed by atoms with Crippen LogP contribution in [-0.2, 0) is 6.42 Å². The van der Waals surface area contributed by atoms with E-state index in [0.29, 0.717) is 43.1 Å². The van der Waals surface area contributed by atoms with E-state index in [1.54, 1.807) is 24.3 Å². The van der Waals surface area contributed by atoms with Crippen molar-refractivity contribution in [2.45, 2.75) is 19.8 Å². The SMILES string of the molecule is CCCc1[nH]nc(C(=O)Nc2ccc(OCCN)cc2)c1[N+](=O)[O-]. The highest BCUT2D eigenvalue weighted by atomic mass is 16.6. The zero-order valence-electron chi connectivity index (χ0n) is 13.2. The summed E-state index contributed by atoms with van der Waals surface area (Å²) in [6, 6.07) is 6.61. The third-order valence-electron chi connectivity index (χ3n) is 3.21. The number of nitrogens with zero attached hydrogens (tertiary/aromatic N) is 2. The molecule has 0 spiro atoms. The van der Waals surface area contributed by atoms with Crippen LogP contribution in [0.15, 0.2) is 24.3 Å². The molecule has 0 fully saturated rings. The van der Waals surface area contributed by atoms with Gasteiger partial charge in [-0.1, -0.05) is 13.3 Å². The normalized spacial score (nSPS) is 10.4. The first-order valence-corrected chi connectivity index (χ1v) is 7.52. The molecule has 9 heteroatoms. The van der Waals surface area contributed by atoms with Gasteiger partial charge in [-0.2, -0.15) is 5.10 Å². The topological polar surface area (TPSA) is 136 Å². The molecule has 0 aliphatic rings. The average Bonchev–Trinajstić information content (AvgIpc) is 2.98. The van der Waals surface area contributed by atoms with Crippen LogP contribution in [0.2, 0.25) is 0 Å². The Hall–Kier alpha value is -2.94. The number of nitrogens with two attached hydrogens (primary N) is 1. The van der Waals surface area contributed by atoms with E-state index in [4.69, 9.17) is 10.5 Å². The van der Waals surface area contributed by atoms with Crippen molar-refractivity contribution in [2.75, 3.05) is 18.5 Å². The van der Waals surface area contributed by atoms with Crippen LogP contribution < -0.4 is 15.8 Å². The number of carbonyl (C=O) groups excluding carboxylic acids is 1. The van der Waals surface area contributed by atoms with Crippen molar-refractivity contribution < 1.29 is 14.5 Å². The minimum absolute atomic E-state index is 0.230. The summed E-state index contributed by atoms with van der Waals surface area (Å²) < 4.78 is 5.34. The quantitative estimate of drug-likeness (QED) is 0.498. The van der Waals surface area contributed by atoms with Crippen LogP contribution in [0.4, 0.5) is 11.4 Å². The van der Waals surface area contributed by atoms with Gasteiger partial charge in [-0.15, -0.1) is 0 Å². The number of amides is 1. The maximum absolute atomic E-state index is 12.3. The Morgan fingerprint density at radius 1 is 1.42 bits per heavy atom. The van der Waals surface area contributed by atoms with Gasteiger partial charge in [-0.05, 0) is 30.7 Å². The molecule has 0 saturated heterocycles. The van der Waals surface area contributed by atoms with E-state index in [1.165, 1.54) is 0 Å². The number of aromatic nitrogens is 2. The van der Waals surface area contributed by atoms with Gasteiger partial charge in [-0.3, -0.25) is 20.0 Å². The third-order valence-corrected chi connectivity index (χ3v) is 3.21. The highest BCUT2D eigenvalue weighted by molar-refractivity contribution is 6.05. The number of ether oxygens (including phenoxy) is 1. The Morgan fingerprint density at radius 2 is 2.12 bits per heavy atom. The van der Waals surface area contributed by atoms with Crippen LogP contribution in [0.25, 0.3) is 0 Å². The lowest BCUT2D eigenvalue weighted by Gasteiger charge is -2.06. The molecule has 0 radical (unpaired) electrons. The van der Waals surface area contributed by atoms with Gasteiger partial charge < -0.3 is 15.8 Å². The lowest BCUT2D eigenvalue weighted by Crippen LogP contribution is -2.14. The molecule has 2 rings (SSSR count). The molecule has 0 aliphatic heterocycles. The largest absolute Gasteiger partial charge is 0.492 e. The van der Waals surface area contributed by atoms with Crippen LogP contribution in [-0.4, -0.2) is 34.2 Å². The molecule has 24 heavy (non-hydrogen) atoms. The number of nitro groups is 1. The first-order chi connectivity index (χ1) is 11.6. The average molecular weight is 333 g/mol. The van der Waals surface area contributed by atoms with Gasteiger partial charge >= 0.3 is 5.69 Å². The first kappa shape index (κ1) is 17.4. The summed E-state index contributed by atoms with van der Waals surface area (Å²) >= 11 is 0. The molecule has 9 nitrogen and oxygen atoms in total. The highest BCUT2D eigenvalue weighted by Crippen LogP contribution is 2.24. The molecular weight excluding hydrogens is 314 g/mol. The molecule has 4 N–H and O–H groups in total. The third kappa shape index (κ3) is 4.07. The number of aryl methyl sites for hydroxylation is 1. The monoisotopic (exact) mass is 333 g/mol. The van der Waals surface area contributed by atoms with E-state index in [2.05, 4.69) is 15.5 Å². The predicted molar refractivity (Wildman–Crippen MR) is 88.2 cm³/mol. The molecule has 0 aliphatic carbocycles. The Morgan fingerprint density at radius 3 is 2.71 bits per heavy atom. The molecule has 2 aromatic rings. The van der Waals surface area contributed by atoms with Crippen molar-refractivity contribution in [1.29, 1.82) is 0 Å². The van der Waals surface area contributed by atoms with Gasteiger partial charge in [-0.25, -0.2) is 0 Å². The van der Waals surface area contributed by atoms with Gasteiger partial charge in [0.1, 0.15) is 18.1 Å². The Bertz CT molecular complexity index is 711. The first-order valence-electron chi connectivity index (χ1n) is 7.52. The standard InChI is InChI=1S/C15H19N5O4/c1-2-3-12-14(20(22)23)13(19-18-12)15(21)17-10-4-6-11(7-5-10)24-9-8-16/h4-7H,2-3,8-9,16H2,1H3,(H,17,21)(H,18,19). The fourth-order valence-corrected chi connectivity index (χ4v) is 2.15. The second-order valence-electron chi connectivity index (χ2n) is 5.02. The molecule has 1 amide bonds. The number of aromatic amines is 1. The van der Waals surface area contributed by atoms with E-state index in [9.17, 15) is 14.9 Å². The second kappa shape index (κ2) is 8.06. The lowest BCUT2D eigenvalue weighted by atomic mass is 10.2. The number of carbonyl (C=O) groups is 1. The van der Waals surface area contributed by atoms with Crippen molar-refractivity contribution in [3.05, 3.63) is 45.8 Å². The lowest BCUT2D eigenvalue weighted by molar-refractivity contribution is -0.385. The van der Waals surface area contributed by atoms with E-state index in [0.717, 1.165) is 0 Å². The summed E-state index contributed by atoms with van der Waals surface area (Å²) in [7, 11) is 0.